The molecule has 0 aliphatic carbocycles. The highest BCUT2D eigenvalue weighted by Crippen LogP contribution is 2.33. The fraction of sp³-hybridized carbons (Fsp3) is 0.517. The summed E-state index contributed by atoms with van der Waals surface area (Å²) in [5, 5.41) is 3.93. The average Bonchev–Trinajstić information content (AvgIpc) is 2.95. The van der Waals surface area contributed by atoms with Crippen molar-refractivity contribution in [3.63, 3.8) is 0 Å². The molecule has 2 aliphatic heterocycles. The Bertz CT molecular complexity index is 1120. The molecule has 0 aromatic heterocycles. The number of hydrogen-bond acceptors (Lipinski definition) is 7. The SMILES string of the molecule is CCCCNC(=O)OCOC1=Nc2cc(OCCCCN3CCN(c4cccc(Cl)c4Cl)CC3)ccc2CC1. The van der Waals surface area contributed by atoms with E-state index in [1.54, 1.807) is 0 Å². The smallest absolute Gasteiger partial charge is 0.410 e. The van der Waals surface area contributed by atoms with E-state index in [0.717, 1.165) is 87.5 Å². The number of rotatable bonds is 12. The molecule has 2 aromatic carbocycles. The maximum atomic E-state index is 11.6. The molecule has 2 heterocycles. The molecular weight excluding hydrogens is 539 g/mol. The summed E-state index contributed by atoms with van der Waals surface area (Å²) in [5.74, 6) is 1.37. The number of aliphatic imine (C=N–C) groups is 1. The topological polar surface area (TPSA) is 75.6 Å². The van der Waals surface area contributed by atoms with Gasteiger partial charge in [0.1, 0.15) is 5.75 Å². The lowest BCUT2D eigenvalue weighted by atomic mass is 10.0. The first kappa shape index (κ1) is 29.3. The van der Waals surface area contributed by atoms with E-state index in [1.165, 1.54) is 0 Å². The van der Waals surface area contributed by atoms with Crippen molar-refractivity contribution in [3.8, 4) is 5.75 Å². The van der Waals surface area contributed by atoms with Crippen LogP contribution in [0.4, 0.5) is 16.2 Å². The van der Waals surface area contributed by atoms with Crippen LogP contribution in [0, 0.1) is 0 Å². The van der Waals surface area contributed by atoms with Crippen molar-refractivity contribution in [2.45, 2.75) is 45.4 Å². The maximum Gasteiger partial charge on any atom is 0.410 e. The molecule has 10 heteroatoms. The number of halogens is 2. The van der Waals surface area contributed by atoms with Gasteiger partial charge in [-0.1, -0.05) is 48.7 Å². The maximum absolute atomic E-state index is 11.6. The van der Waals surface area contributed by atoms with Crippen molar-refractivity contribution in [2.24, 2.45) is 4.99 Å². The summed E-state index contributed by atoms with van der Waals surface area (Å²) in [6.07, 6.45) is 5.02. The van der Waals surface area contributed by atoms with Crippen LogP contribution in [-0.2, 0) is 15.9 Å². The van der Waals surface area contributed by atoms with E-state index in [4.69, 9.17) is 37.4 Å². The molecule has 0 spiro atoms. The van der Waals surface area contributed by atoms with Crippen molar-refractivity contribution < 1.29 is 19.0 Å². The molecule has 1 amide bonds. The average molecular weight is 578 g/mol. The molecule has 0 bridgehead atoms. The highest BCUT2D eigenvalue weighted by Gasteiger charge is 2.19. The summed E-state index contributed by atoms with van der Waals surface area (Å²) in [7, 11) is 0. The quantitative estimate of drug-likeness (QED) is 0.231. The molecule has 1 N–H and O–H groups in total. The minimum atomic E-state index is -0.472. The standard InChI is InChI=1S/C29H38Cl2N4O4/c1-2-3-13-32-29(36)39-21-38-27-12-10-22-9-11-23(20-25(22)33-27)37-19-5-4-14-34-15-17-35(18-16-34)26-8-6-7-24(30)28(26)31/h6-9,11,20H,2-5,10,12-19,21H2,1H3,(H,32,36). The molecule has 2 aliphatic rings. The number of nitrogens with one attached hydrogen (secondary N) is 1. The Morgan fingerprint density at radius 1 is 1.03 bits per heavy atom. The van der Waals surface area contributed by atoms with Gasteiger partial charge in [0.2, 0.25) is 6.79 Å². The lowest BCUT2D eigenvalue weighted by Crippen LogP contribution is -2.46. The second kappa shape index (κ2) is 15.2. The number of amides is 1. The first-order chi connectivity index (χ1) is 19.0. The lowest BCUT2D eigenvalue weighted by molar-refractivity contribution is 0.0505. The third kappa shape index (κ3) is 8.92. The predicted molar refractivity (Wildman–Crippen MR) is 157 cm³/mol. The Hall–Kier alpha value is -2.68. The zero-order valence-electron chi connectivity index (χ0n) is 22.6. The number of carbonyl (C=O) groups is 1. The largest absolute Gasteiger partial charge is 0.494 e. The normalized spacial score (nSPS) is 15.4. The highest BCUT2D eigenvalue weighted by atomic mass is 35.5. The molecule has 4 rings (SSSR count). The Morgan fingerprint density at radius 2 is 1.87 bits per heavy atom. The zero-order valence-corrected chi connectivity index (χ0v) is 24.1. The third-order valence-electron chi connectivity index (χ3n) is 6.91. The number of benzene rings is 2. The summed E-state index contributed by atoms with van der Waals surface area (Å²) < 4.78 is 16.7. The van der Waals surface area contributed by atoms with E-state index in [-0.39, 0.29) is 6.79 Å². The summed E-state index contributed by atoms with van der Waals surface area (Å²) in [5.41, 5.74) is 3.02. The summed E-state index contributed by atoms with van der Waals surface area (Å²) in [4.78, 5) is 21.0. The van der Waals surface area contributed by atoms with Gasteiger partial charge < -0.3 is 24.4 Å². The number of anilines is 1. The van der Waals surface area contributed by atoms with Gasteiger partial charge in [-0.3, -0.25) is 4.90 Å². The Labute approximate surface area is 241 Å². The van der Waals surface area contributed by atoms with Crippen LogP contribution in [0.3, 0.4) is 0 Å². The Morgan fingerprint density at radius 3 is 2.69 bits per heavy atom. The Balaban J connectivity index is 1.13. The van der Waals surface area contributed by atoms with E-state index in [2.05, 4.69) is 33.1 Å². The Kier molecular flexibility index (Phi) is 11.4. The van der Waals surface area contributed by atoms with E-state index in [9.17, 15) is 4.79 Å². The van der Waals surface area contributed by atoms with Crippen LogP contribution >= 0.6 is 23.2 Å². The van der Waals surface area contributed by atoms with E-state index >= 15 is 0 Å². The highest BCUT2D eigenvalue weighted by molar-refractivity contribution is 6.43. The van der Waals surface area contributed by atoms with Crippen LogP contribution in [0.25, 0.3) is 0 Å². The number of ether oxygens (including phenoxy) is 3. The third-order valence-corrected chi connectivity index (χ3v) is 7.72. The van der Waals surface area contributed by atoms with E-state index in [1.807, 2.05) is 30.3 Å². The van der Waals surface area contributed by atoms with Gasteiger partial charge in [0, 0.05) is 45.2 Å². The van der Waals surface area contributed by atoms with Gasteiger partial charge in [-0.15, -0.1) is 0 Å². The van der Waals surface area contributed by atoms with Crippen molar-refractivity contribution in [1.82, 2.24) is 10.2 Å². The van der Waals surface area contributed by atoms with Gasteiger partial charge in [0.25, 0.3) is 0 Å². The van der Waals surface area contributed by atoms with Crippen LogP contribution < -0.4 is 15.0 Å². The number of fused-ring (bicyclic) bond motifs is 1. The second-order valence-electron chi connectivity index (χ2n) is 9.73. The molecular formula is C29H38Cl2N4O4. The minimum absolute atomic E-state index is 0.147. The van der Waals surface area contributed by atoms with Crippen LogP contribution in [0.5, 0.6) is 5.75 Å². The number of alkyl carbamates (subject to hydrolysis) is 1. The second-order valence-corrected chi connectivity index (χ2v) is 10.5. The van der Waals surface area contributed by atoms with Crippen molar-refractivity contribution >= 4 is 46.6 Å². The minimum Gasteiger partial charge on any atom is -0.494 e. The molecule has 1 saturated heterocycles. The van der Waals surface area contributed by atoms with Gasteiger partial charge in [-0.2, -0.15) is 0 Å². The van der Waals surface area contributed by atoms with Gasteiger partial charge in [0.05, 0.1) is 28.0 Å². The monoisotopic (exact) mass is 576 g/mol. The van der Waals surface area contributed by atoms with Crippen molar-refractivity contribution in [3.05, 3.63) is 52.0 Å². The summed E-state index contributed by atoms with van der Waals surface area (Å²) in [6.45, 7) is 8.12. The molecule has 2 aromatic rings. The predicted octanol–water partition coefficient (Wildman–Crippen LogP) is 6.45. The number of carbonyl (C=O) groups excluding carboxylic acids is 1. The molecule has 8 nitrogen and oxygen atoms in total. The zero-order chi connectivity index (χ0) is 27.5. The fourth-order valence-electron chi connectivity index (χ4n) is 4.63. The van der Waals surface area contributed by atoms with E-state index in [0.29, 0.717) is 35.5 Å². The molecule has 0 radical (unpaired) electrons. The summed E-state index contributed by atoms with van der Waals surface area (Å²) in [6, 6.07) is 11.8. The van der Waals surface area contributed by atoms with Crippen LogP contribution in [0.2, 0.25) is 10.0 Å². The van der Waals surface area contributed by atoms with Gasteiger partial charge in [-0.05, 0) is 56.0 Å². The fourth-order valence-corrected chi connectivity index (χ4v) is 5.05. The molecule has 0 atom stereocenters. The van der Waals surface area contributed by atoms with Crippen LogP contribution in [-0.4, -0.2) is 69.6 Å². The van der Waals surface area contributed by atoms with Gasteiger partial charge >= 0.3 is 6.09 Å². The van der Waals surface area contributed by atoms with E-state index < -0.39 is 6.09 Å². The molecule has 1 fully saturated rings. The first-order valence-electron chi connectivity index (χ1n) is 13.8. The van der Waals surface area contributed by atoms with Crippen molar-refractivity contribution in [2.75, 3.05) is 57.6 Å². The van der Waals surface area contributed by atoms with Crippen LogP contribution in [0.15, 0.2) is 41.4 Å². The summed E-state index contributed by atoms with van der Waals surface area (Å²) >= 11 is 12.6. The number of aryl methyl sites for hydroxylation is 1. The molecule has 0 saturated carbocycles. The molecule has 39 heavy (non-hydrogen) atoms. The number of hydrogen-bond donors (Lipinski definition) is 1. The number of piperazine rings is 1. The van der Waals surface area contributed by atoms with Crippen molar-refractivity contribution in [1.29, 1.82) is 0 Å². The first-order valence-corrected chi connectivity index (χ1v) is 14.6. The lowest BCUT2D eigenvalue weighted by Gasteiger charge is -2.36. The van der Waals surface area contributed by atoms with Crippen LogP contribution in [0.1, 0.15) is 44.6 Å². The van der Waals surface area contributed by atoms with Gasteiger partial charge in [-0.25, -0.2) is 9.79 Å². The number of nitrogens with zero attached hydrogens (tertiary/aromatic N) is 3. The van der Waals surface area contributed by atoms with Gasteiger partial charge in [0.15, 0.2) is 5.90 Å². The number of unbranched alkanes of at least 4 members (excludes halogenated alkanes) is 2. The molecule has 0 unspecified atom stereocenters. The molecule has 212 valence electrons.